The minimum atomic E-state index is 0.816. The molecule has 1 N–H and O–H groups in total. The van der Waals surface area contributed by atoms with Gasteiger partial charge in [-0.3, -0.25) is 4.90 Å². The first kappa shape index (κ1) is 14.4. The summed E-state index contributed by atoms with van der Waals surface area (Å²) < 4.78 is 1.94. The Morgan fingerprint density at radius 2 is 2.11 bits per heavy atom. The van der Waals surface area contributed by atoms with E-state index in [4.69, 9.17) is 0 Å². The number of rotatable bonds is 7. The normalized spacial score (nSPS) is 17.2. The number of nitrogens with one attached hydrogen (secondary N) is 1. The van der Waals surface area contributed by atoms with Crippen molar-refractivity contribution in [2.75, 3.05) is 26.2 Å². The molecule has 1 aliphatic heterocycles. The van der Waals surface area contributed by atoms with Gasteiger partial charge in [-0.1, -0.05) is 13.8 Å². The minimum Gasteiger partial charge on any atom is -0.317 e. The molecule has 0 spiro atoms. The smallest absolute Gasteiger partial charge is 0.165 e. The van der Waals surface area contributed by atoms with Gasteiger partial charge in [0.25, 0.3) is 0 Å². The van der Waals surface area contributed by atoms with Gasteiger partial charge < -0.3 is 5.32 Å². The maximum atomic E-state index is 4.16. The molecule has 0 amide bonds. The van der Waals surface area contributed by atoms with Crippen molar-refractivity contribution in [3.8, 4) is 0 Å². The van der Waals surface area contributed by atoms with Crippen LogP contribution in [0.25, 0.3) is 0 Å². The molecule has 1 saturated heterocycles. The molecule has 108 valence electrons. The number of hydrogen-bond acceptors (Lipinski definition) is 5. The molecular weight excluding hydrogens is 240 g/mol. The van der Waals surface area contributed by atoms with Gasteiger partial charge in [0, 0.05) is 13.1 Å². The Kier molecular flexibility index (Phi) is 5.72. The summed E-state index contributed by atoms with van der Waals surface area (Å²) in [6.07, 6.45) is 3.64. The van der Waals surface area contributed by atoms with Gasteiger partial charge in [-0.05, 0) is 55.2 Å². The second-order valence-electron chi connectivity index (χ2n) is 5.34. The SMILES string of the molecule is CCCn1nnnc1CN(CC)CC1CCNCC1. The van der Waals surface area contributed by atoms with E-state index in [-0.39, 0.29) is 0 Å². The first-order chi connectivity index (χ1) is 9.33. The maximum Gasteiger partial charge on any atom is 0.165 e. The van der Waals surface area contributed by atoms with Crippen molar-refractivity contribution in [3.05, 3.63) is 5.82 Å². The Morgan fingerprint density at radius 3 is 2.79 bits per heavy atom. The summed E-state index contributed by atoms with van der Waals surface area (Å²) in [7, 11) is 0. The van der Waals surface area contributed by atoms with E-state index in [1.54, 1.807) is 0 Å². The van der Waals surface area contributed by atoms with Gasteiger partial charge in [0.2, 0.25) is 0 Å². The number of nitrogens with zero attached hydrogens (tertiary/aromatic N) is 5. The summed E-state index contributed by atoms with van der Waals surface area (Å²) in [6, 6.07) is 0. The molecule has 1 aliphatic rings. The van der Waals surface area contributed by atoms with E-state index >= 15 is 0 Å². The molecule has 0 aromatic carbocycles. The zero-order chi connectivity index (χ0) is 13.5. The van der Waals surface area contributed by atoms with Crippen LogP contribution in [0.4, 0.5) is 0 Å². The van der Waals surface area contributed by atoms with Gasteiger partial charge >= 0.3 is 0 Å². The molecule has 6 nitrogen and oxygen atoms in total. The third-order valence-electron chi connectivity index (χ3n) is 3.83. The van der Waals surface area contributed by atoms with Crippen LogP contribution in [0.15, 0.2) is 0 Å². The summed E-state index contributed by atoms with van der Waals surface area (Å²) in [4.78, 5) is 2.47. The van der Waals surface area contributed by atoms with Crippen molar-refractivity contribution < 1.29 is 0 Å². The Labute approximate surface area is 115 Å². The lowest BCUT2D eigenvalue weighted by Crippen LogP contribution is -2.36. The van der Waals surface area contributed by atoms with E-state index in [1.807, 2.05) is 4.68 Å². The molecule has 2 rings (SSSR count). The molecule has 0 bridgehead atoms. The van der Waals surface area contributed by atoms with Crippen LogP contribution in [0.3, 0.4) is 0 Å². The highest BCUT2D eigenvalue weighted by Gasteiger charge is 2.18. The predicted molar refractivity (Wildman–Crippen MR) is 74.7 cm³/mol. The van der Waals surface area contributed by atoms with Gasteiger partial charge in [0.05, 0.1) is 6.54 Å². The zero-order valence-corrected chi connectivity index (χ0v) is 12.2. The molecule has 1 aromatic rings. The van der Waals surface area contributed by atoms with Crippen LogP contribution in [0.1, 0.15) is 38.9 Å². The Balaban J connectivity index is 1.88. The molecule has 0 atom stereocenters. The summed E-state index contributed by atoms with van der Waals surface area (Å²) >= 11 is 0. The quantitative estimate of drug-likeness (QED) is 0.795. The highest BCUT2D eigenvalue weighted by molar-refractivity contribution is 4.82. The lowest BCUT2D eigenvalue weighted by atomic mass is 9.97. The number of hydrogen-bond donors (Lipinski definition) is 1. The summed E-state index contributed by atoms with van der Waals surface area (Å²) in [5.41, 5.74) is 0. The largest absolute Gasteiger partial charge is 0.317 e. The van der Waals surface area contributed by atoms with Gasteiger partial charge in [-0.15, -0.1) is 5.10 Å². The first-order valence-electron chi connectivity index (χ1n) is 7.51. The van der Waals surface area contributed by atoms with Crippen molar-refractivity contribution >= 4 is 0 Å². The highest BCUT2D eigenvalue weighted by atomic mass is 15.5. The number of aryl methyl sites for hydroxylation is 1. The molecular formula is C13H26N6. The topological polar surface area (TPSA) is 58.9 Å². The van der Waals surface area contributed by atoms with Crippen LogP contribution < -0.4 is 5.32 Å². The number of piperidine rings is 1. The molecule has 0 saturated carbocycles. The fraction of sp³-hybridized carbons (Fsp3) is 0.923. The van der Waals surface area contributed by atoms with Gasteiger partial charge in [0.15, 0.2) is 5.82 Å². The van der Waals surface area contributed by atoms with Gasteiger partial charge in [-0.2, -0.15) is 0 Å². The molecule has 0 radical (unpaired) electrons. The van der Waals surface area contributed by atoms with Gasteiger partial charge in [-0.25, -0.2) is 4.68 Å². The Bertz CT molecular complexity index is 358. The zero-order valence-electron chi connectivity index (χ0n) is 12.2. The van der Waals surface area contributed by atoms with E-state index in [1.165, 1.54) is 12.8 Å². The van der Waals surface area contributed by atoms with E-state index in [2.05, 4.69) is 39.6 Å². The van der Waals surface area contributed by atoms with Crippen LogP contribution in [0.5, 0.6) is 0 Å². The molecule has 1 fully saturated rings. The van der Waals surface area contributed by atoms with Crippen LogP contribution in [0, 0.1) is 5.92 Å². The molecule has 6 heteroatoms. The second-order valence-corrected chi connectivity index (χ2v) is 5.34. The van der Waals surface area contributed by atoms with Crippen LogP contribution >= 0.6 is 0 Å². The van der Waals surface area contributed by atoms with Crippen molar-refractivity contribution in [1.82, 2.24) is 30.4 Å². The summed E-state index contributed by atoms with van der Waals surface area (Å²) in [5, 5.41) is 15.4. The predicted octanol–water partition coefficient (Wildman–Crippen LogP) is 0.905. The monoisotopic (exact) mass is 266 g/mol. The van der Waals surface area contributed by atoms with Crippen molar-refractivity contribution in [3.63, 3.8) is 0 Å². The molecule has 19 heavy (non-hydrogen) atoms. The van der Waals surface area contributed by atoms with E-state index in [9.17, 15) is 0 Å². The average Bonchev–Trinajstić information content (AvgIpc) is 2.87. The standard InChI is InChI=1S/C13H26N6/c1-3-9-19-13(15-16-17-19)11-18(4-2)10-12-5-7-14-8-6-12/h12,14H,3-11H2,1-2H3. The van der Waals surface area contributed by atoms with E-state index in [0.717, 1.165) is 57.4 Å². The van der Waals surface area contributed by atoms with E-state index in [0.29, 0.717) is 0 Å². The first-order valence-corrected chi connectivity index (χ1v) is 7.51. The van der Waals surface area contributed by atoms with Crippen molar-refractivity contribution in [1.29, 1.82) is 0 Å². The Morgan fingerprint density at radius 1 is 1.32 bits per heavy atom. The minimum absolute atomic E-state index is 0.816. The second kappa shape index (κ2) is 7.55. The van der Waals surface area contributed by atoms with Crippen LogP contribution in [-0.2, 0) is 13.1 Å². The number of aromatic nitrogens is 4. The molecule has 0 aliphatic carbocycles. The van der Waals surface area contributed by atoms with E-state index < -0.39 is 0 Å². The lowest BCUT2D eigenvalue weighted by molar-refractivity contribution is 0.200. The molecule has 2 heterocycles. The Hall–Kier alpha value is -1.01. The fourth-order valence-electron chi connectivity index (χ4n) is 2.66. The fourth-order valence-corrected chi connectivity index (χ4v) is 2.66. The summed E-state index contributed by atoms with van der Waals surface area (Å²) in [6.45, 7) is 10.7. The van der Waals surface area contributed by atoms with Crippen molar-refractivity contribution in [2.45, 2.75) is 46.2 Å². The lowest BCUT2D eigenvalue weighted by Gasteiger charge is -2.28. The third-order valence-corrected chi connectivity index (χ3v) is 3.83. The van der Waals surface area contributed by atoms with Gasteiger partial charge in [0.1, 0.15) is 0 Å². The third kappa shape index (κ3) is 4.24. The maximum absolute atomic E-state index is 4.16. The molecule has 0 unspecified atom stereocenters. The molecule has 1 aromatic heterocycles. The average molecular weight is 266 g/mol. The van der Waals surface area contributed by atoms with Crippen LogP contribution in [-0.4, -0.2) is 51.3 Å². The van der Waals surface area contributed by atoms with Crippen LogP contribution in [0.2, 0.25) is 0 Å². The summed E-state index contributed by atoms with van der Waals surface area (Å²) in [5.74, 6) is 1.81. The number of tetrazole rings is 1. The highest BCUT2D eigenvalue weighted by Crippen LogP contribution is 2.14. The van der Waals surface area contributed by atoms with Crippen molar-refractivity contribution in [2.24, 2.45) is 5.92 Å².